The molecule has 1 aromatic rings. The van der Waals surface area contributed by atoms with Crippen molar-refractivity contribution in [3.05, 3.63) is 35.9 Å². The van der Waals surface area contributed by atoms with E-state index in [2.05, 4.69) is 61.3 Å². The Balaban J connectivity index is 2.56. The summed E-state index contributed by atoms with van der Waals surface area (Å²) in [4.78, 5) is 2.46. The molecule has 0 heterocycles. The molecule has 0 aliphatic rings. The van der Waals surface area contributed by atoms with Crippen LogP contribution >= 0.6 is 0 Å². The zero-order valence-corrected chi connectivity index (χ0v) is 11.0. The Bertz CT molecular complexity index is 293. The van der Waals surface area contributed by atoms with Crippen LogP contribution in [0.15, 0.2) is 30.3 Å². The predicted molar refractivity (Wildman–Crippen MR) is 70.5 cm³/mol. The number of hydrogen-bond donors (Lipinski definition) is 1. The van der Waals surface area contributed by atoms with Crippen LogP contribution in [0.2, 0.25) is 0 Å². The minimum atomic E-state index is 0.171. The summed E-state index contributed by atoms with van der Waals surface area (Å²) < 4.78 is 0. The molecule has 0 saturated carbocycles. The minimum absolute atomic E-state index is 0.171. The van der Waals surface area contributed by atoms with Gasteiger partial charge in [-0.2, -0.15) is 0 Å². The number of hydrogen-bond acceptors (Lipinski definition) is 2. The van der Waals surface area contributed by atoms with Crippen LogP contribution in [0.25, 0.3) is 0 Å². The average molecular weight is 220 g/mol. The summed E-state index contributed by atoms with van der Waals surface area (Å²) in [5, 5.41) is 3.35. The maximum Gasteiger partial charge on any atom is 0.0249 e. The zero-order chi connectivity index (χ0) is 12.0. The summed E-state index contributed by atoms with van der Waals surface area (Å²) in [5.74, 6) is 0. The molecule has 0 amide bonds. The molecule has 0 saturated heterocycles. The number of rotatable bonds is 6. The van der Waals surface area contributed by atoms with Gasteiger partial charge in [0.1, 0.15) is 0 Å². The van der Waals surface area contributed by atoms with Crippen molar-refractivity contribution in [2.24, 2.45) is 0 Å². The molecule has 2 nitrogen and oxygen atoms in total. The van der Waals surface area contributed by atoms with Gasteiger partial charge in [-0.15, -0.1) is 0 Å². The molecule has 0 aliphatic heterocycles. The van der Waals surface area contributed by atoms with Gasteiger partial charge in [0.2, 0.25) is 0 Å². The van der Waals surface area contributed by atoms with Gasteiger partial charge in [0.25, 0.3) is 0 Å². The van der Waals surface area contributed by atoms with E-state index < -0.39 is 0 Å². The summed E-state index contributed by atoms with van der Waals surface area (Å²) >= 11 is 0. The Morgan fingerprint density at radius 1 is 1.19 bits per heavy atom. The average Bonchev–Trinajstić information content (AvgIpc) is 2.29. The Kier molecular flexibility index (Phi) is 4.97. The van der Waals surface area contributed by atoms with E-state index >= 15 is 0 Å². The number of nitrogens with one attached hydrogen (secondary N) is 1. The van der Waals surface area contributed by atoms with Crippen LogP contribution in [0, 0.1) is 0 Å². The molecule has 90 valence electrons. The molecule has 0 unspecified atom stereocenters. The van der Waals surface area contributed by atoms with Crippen molar-refractivity contribution >= 4 is 0 Å². The highest BCUT2D eigenvalue weighted by molar-refractivity contribution is 5.14. The van der Waals surface area contributed by atoms with Gasteiger partial charge in [-0.05, 0) is 33.0 Å². The topological polar surface area (TPSA) is 15.3 Å². The molecule has 0 aromatic heterocycles. The highest BCUT2D eigenvalue weighted by Gasteiger charge is 2.18. The summed E-state index contributed by atoms with van der Waals surface area (Å²) in [7, 11) is 2.02. The summed E-state index contributed by atoms with van der Waals surface area (Å²) in [6, 6.07) is 10.7. The minimum Gasteiger partial charge on any atom is -0.314 e. The van der Waals surface area contributed by atoms with Crippen LogP contribution in [0.4, 0.5) is 0 Å². The lowest BCUT2D eigenvalue weighted by atomic mass is 10.0. The molecule has 2 heteroatoms. The Morgan fingerprint density at radius 2 is 1.81 bits per heavy atom. The molecule has 1 N–H and O–H groups in total. The summed E-state index contributed by atoms with van der Waals surface area (Å²) in [6.45, 7) is 9.87. The van der Waals surface area contributed by atoms with Gasteiger partial charge >= 0.3 is 0 Å². The molecule has 0 spiro atoms. The van der Waals surface area contributed by atoms with Gasteiger partial charge in [0, 0.05) is 18.6 Å². The lowest BCUT2D eigenvalue weighted by molar-refractivity contribution is 0.208. The normalized spacial score (nSPS) is 12.1. The first-order chi connectivity index (χ1) is 7.57. The standard InChI is InChI=1S/C14H24N2/c1-5-16(12-14(2,3)15-4)11-13-9-7-6-8-10-13/h6-10,15H,5,11-12H2,1-4H3. The van der Waals surface area contributed by atoms with Crippen molar-refractivity contribution < 1.29 is 0 Å². The van der Waals surface area contributed by atoms with E-state index in [0.717, 1.165) is 19.6 Å². The second kappa shape index (κ2) is 6.02. The van der Waals surface area contributed by atoms with Gasteiger partial charge in [-0.1, -0.05) is 37.3 Å². The molecule has 0 bridgehead atoms. The molecule has 0 radical (unpaired) electrons. The maximum absolute atomic E-state index is 3.35. The summed E-state index contributed by atoms with van der Waals surface area (Å²) in [6.07, 6.45) is 0. The molecule has 16 heavy (non-hydrogen) atoms. The van der Waals surface area contributed by atoms with Crippen molar-refractivity contribution in [1.82, 2.24) is 10.2 Å². The van der Waals surface area contributed by atoms with Crippen LogP contribution in [-0.2, 0) is 6.54 Å². The van der Waals surface area contributed by atoms with Crippen molar-refractivity contribution in [2.45, 2.75) is 32.9 Å². The van der Waals surface area contributed by atoms with Crippen molar-refractivity contribution in [3.8, 4) is 0 Å². The molecule has 1 aromatic carbocycles. The smallest absolute Gasteiger partial charge is 0.0249 e. The lowest BCUT2D eigenvalue weighted by Gasteiger charge is -2.31. The second-order valence-electron chi connectivity index (χ2n) is 4.92. The molecular formula is C14H24N2. The largest absolute Gasteiger partial charge is 0.314 e. The van der Waals surface area contributed by atoms with Gasteiger partial charge in [0.15, 0.2) is 0 Å². The lowest BCUT2D eigenvalue weighted by Crippen LogP contribution is -2.47. The first-order valence-corrected chi connectivity index (χ1v) is 6.02. The highest BCUT2D eigenvalue weighted by Crippen LogP contribution is 2.09. The monoisotopic (exact) mass is 220 g/mol. The Morgan fingerprint density at radius 3 is 2.31 bits per heavy atom. The maximum atomic E-state index is 3.35. The van der Waals surface area contributed by atoms with Crippen LogP contribution < -0.4 is 5.32 Å². The molecule has 0 fully saturated rings. The molecule has 0 aliphatic carbocycles. The van der Waals surface area contributed by atoms with Gasteiger partial charge in [-0.25, -0.2) is 0 Å². The van der Waals surface area contributed by atoms with Crippen molar-refractivity contribution in [1.29, 1.82) is 0 Å². The predicted octanol–water partition coefficient (Wildman–Crippen LogP) is 2.51. The van der Waals surface area contributed by atoms with E-state index in [1.807, 2.05) is 7.05 Å². The van der Waals surface area contributed by atoms with E-state index in [0.29, 0.717) is 0 Å². The third-order valence-electron chi connectivity index (χ3n) is 2.99. The van der Waals surface area contributed by atoms with Crippen molar-refractivity contribution in [2.75, 3.05) is 20.1 Å². The Labute approximate surface area is 99.7 Å². The van der Waals surface area contributed by atoms with Gasteiger partial charge in [0.05, 0.1) is 0 Å². The highest BCUT2D eigenvalue weighted by atomic mass is 15.2. The van der Waals surface area contributed by atoms with E-state index in [9.17, 15) is 0 Å². The van der Waals surface area contributed by atoms with Gasteiger partial charge < -0.3 is 5.32 Å². The van der Waals surface area contributed by atoms with E-state index in [1.54, 1.807) is 0 Å². The van der Waals surface area contributed by atoms with E-state index in [-0.39, 0.29) is 5.54 Å². The van der Waals surface area contributed by atoms with Crippen LogP contribution in [-0.4, -0.2) is 30.6 Å². The fourth-order valence-corrected chi connectivity index (χ4v) is 1.76. The molecular weight excluding hydrogens is 196 g/mol. The van der Waals surface area contributed by atoms with Crippen LogP contribution in [0.5, 0.6) is 0 Å². The molecule has 0 atom stereocenters. The van der Waals surface area contributed by atoms with Crippen LogP contribution in [0.1, 0.15) is 26.3 Å². The van der Waals surface area contributed by atoms with Gasteiger partial charge in [-0.3, -0.25) is 4.90 Å². The molecule has 1 rings (SSSR count). The second-order valence-corrected chi connectivity index (χ2v) is 4.92. The van der Waals surface area contributed by atoms with Crippen LogP contribution in [0.3, 0.4) is 0 Å². The zero-order valence-electron chi connectivity index (χ0n) is 11.0. The first-order valence-electron chi connectivity index (χ1n) is 6.02. The number of likely N-dealkylation sites (N-methyl/N-ethyl adjacent to an activating group) is 2. The summed E-state index contributed by atoms with van der Waals surface area (Å²) in [5.41, 5.74) is 1.56. The fraction of sp³-hybridized carbons (Fsp3) is 0.571. The fourth-order valence-electron chi connectivity index (χ4n) is 1.76. The number of nitrogens with zero attached hydrogens (tertiary/aromatic N) is 1. The SMILES string of the molecule is CCN(Cc1ccccc1)CC(C)(C)NC. The number of benzene rings is 1. The van der Waals surface area contributed by atoms with Crippen molar-refractivity contribution in [3.63, 3.8) is 0 Å². The third-order valence-corrected chi connectivity index (χ3v) is 2.99. The van der Waals surface area contributed by atoms with E-state index in [4.69, 9.17) is 0 Å². The Hall–Kier alpha value is -0.860. The van der Waals surface area contributed by atoms with E-state index in [1.165, 1.54) is 5.56 Å². The quantitative estimate of drug-likeness (QED) is 0.792. The third kappa shape index (κ3) is 4.33. The first kappa shape index (κ1) is 13.2.